The van der Waals surface area contributed by atoms with Gasteiger partial charge in [-0.15, -0.1) is 0 Å². The maximum atomic E-state index is 11.3. The zero-order chi connectivity index (χ0) is 19.8. The van der Waals surface area contributed by atoms with E-state index in [1.54, 1.807) is 33.6 Å². The summed E-state index contributed by atoms with van der Waals surface area (Å²) in [4.78, 5) is 20.0. The number of aromatic nitrogens is 5. The topological polar surface area (TPSA) is 115 Å². The molecule has 4 aromatic heterocycles. The second kappa shape index (κ2) is 6.48. The van der Waals surface area contributed by atoms with Crippen LogP contribution >= 0.6 is 0 Å². The van der Waals surface area contributed by atoms with Crippen molar-refractivity contribution in [2.75, 3.05) is 0 Å². The molecule has 0 unspecified atom stereocenters. The molecule has 0 aliphatic heterocycles. The molecule has 8 heteroatoms. The summed E-state index contributed by atoms with van der Waals surface area (Å²) in [5, 5.41) is 13.7. The second-order valence-electron chi connectivity index (χ2n) is 6.26. The summed E-state index contributed by atoms with van der Waals surface area (Å²) in [5.74, 6) is -0.623. The van der Waals surface area contributed by atoms with E-state index in [9.17, 15) is 10.1 Å². The zero-order valence-electron chi connectivity index (χ0n) is 15.0. The normalized spacial score (nSPS) is 10.7. The van der Waals surface area contributed by atoms with Crippen molar-refractivity contribution in [1.29, 1.82) is 5.26 Å². The van der Waals surface area contributed by atoms with E-state index < -0.39 is 5.91 Å². The molecule has 0 atom stereocenters. The number of imidazole rings is 1. The molecule has 0 saturated carbocycles. The quantitative estimate of drug-likeness (QED) is 0.554. The third kappa shape index (κ3) is 2.81. The molecular formula is C20H15N7O. The monoisotopic (exact) mass is 369 g/mol. The number of hydrogen-bond acceptors (Lipinski definition) is 5. The summed E-state index contributed by atoms with van der Waals surface area (Å²) >= 11 is 0. The minimum atomic E-state index is -0.623. The molecule has 0 aliphatic rings. The number of primary amides is 1. The number of nitrogens with zero attached hydrogens (tertiary/aromatic N) is 6. The van der Waals surface area contributed by atoms with Crippen LogP contribution in [-0.2, 0) is 11.8 Å². The van der Waals surface area contributed by atoms with Gasteiger partial charge in [-0.1, -0.05) is 6.58 Å². The average molecular weight is 369 g/mol. The average Bonchev–Trinajstić information content (AvgIpc) is 3.32. The predicted molar refractivity (Wildman–Crippen MR) is 104 cm³/mol. The lowest BCUT2D eigenvalue weighted by molar-refractivity contribution is -0.112. The third-order valence-electron chi connectivity index (χ3n) is 4.43. The van der Waals surface area contributed by atoms with Gasteiger partial charge in [0.2, 0.25) is 5.91 Å². The molecule has 4 rings (SSSR count). The molecule has 0 saturated heterocycles. The molecule has 0 fully saturated rings. The Hall–Kier alpha value is -4.25. The second-order valence-corrected chi connectivity index (χ2v) is 6.26. The lowest BCUT2D eigenvalue weighted by Crippen LogP contribution is -2.12. The summed E-state index contributed by atoms with van der Waals surface area (Å²) in [5.41, 5.74) is 10.2. The van der Waals surface area contributed by atoms with Gasteiger partial charge in [0.05, 0.1) is 29.4 Å². The van der Waals surface area contributed by atoms with Gasteiger partial charge in [0.25, 0.3) is 0 Å². The molecule has 4 aromatic rings. The van der Waals surface area contributed by atoms with E-state index in [2.05, 4.69) is 27.7 Å². The van der Waals surface area contributed by atoms with Gasteiger partial charge in [-0.25, -0.2) is 4.98 Å². The summed E-state index contributed by atoms with van der Waals surface area (Å²) in [7, 11) is 1.85. The Morgan fingerprint density at radius 1 is 1.14 bits per heavy atom. The molecule has 0 radical (unpaired) electrons. The summed E-state index contributed by atoms with van der Waals surface area (Å²) in [6, 6.07) is 9.49. The van der Waals surface area contributed by atoms with Crippen molar-refractivity contribution in [3.05, 3.63) is 67.0 Å². The number of hydrogen-bond donors (Lipinski definition) is 1. The lowest BCUT2D eigenvalue weighted by atomic mass is 10.1. The molecule has 0 bridgehead atoms. The Balaban J connectivity index is 1.91. The Morgan fingerprint density at radius 3 is 2.57 bits per heavy atom. The highest BCUT2D eigenvalue weighted by Gasteiger charge is 2.14. The molecule has 4 heterocycles. The molecule has 0 aliphatic carbocycles. The third-order valence-corrected chi connectivity index (χ3v) is 4.43. The van der Waals surface area contributed by atoms with Crippen LogP contribution in [0.25, 0.3) is 33.6 Å². The SMILES string of the molecule is C=C(C(N)=O)c1ccc(-c2cc(-c3cnn(C)c3)cc3ncc(C#N)n23)cn1. The van der Waals surface area contributed by atoms with E-state index in [1.807, 2.05) is 25.4 Å². The smallest absolute Gasteiger partial charge is 0.250 e. The first-order valence-electron chi connectivity index (χ1n) is 8.34. The van der Waals surface area contributed by atoms with Crippen LogP contribution < -0.4 is 5.73 Å². The fraction of sp³-hybridized carbons (Fsp3) is 0.0500. The number of aryl methyl sites for hydroxylation is 1. The standard InChI is InChI=1S/C20H15N7O/c1-12(20(22)28)17-4-3-13(8-23-17)18-5-14(15-9-25-26(2)11-15)6-19-24-10-16(7-21)27(18)19/h3-6,8-11H,1H2,2H3,(H2,22,28). The molecule has 136 valence electrons. The maximum absolute atomic E-state index is 11.3. The maximum Gasteiger partial charge on any atom is 0.250 e. The Labute approximate surface area is 160 Å². The van der Waals surface area contributed by atoms with E-state index in [4.69, 9.17) is 5.73 Å². The van der Waals surface area contributed by atoms with Crippen LogP contribution in [-0.4, -0.2) is 30.1 Å². The Kier molecular flexibility index (Phi) is 3.98. The first kappa shape index (κ1) is 17.2. The van der Waals surface area contributed by atoms with Crippen LogP contribution in [0.4, 0.5) is 0 Å². The van der Waals surface area contributed by atoms with Crippen LogP contribution in [0, 0.1) is 11.3 Å². The van der Waals surface area contributed by atoms with E-state index in [-0.39, 0.29) is 5.57 Å². The van der Waals surface area contributed by atoms with Gasteiger partial charge >= 0.3 is 0 Å². The molecule has 8 nitrogen and oxygen atoms in total. The summed E-state index contributed by atoms with van der Waals surface area (Å²) in [6.07, 6.45) is 6.82. The van der Waals surface area contributed by atoms with Crippen molar-refractivity contribution in [3.8, 4) is 28.5 Å². The van der Waals surface area contributed by atoms with Crippen molar-refractivity contribution >= 4 is 17.1 Å². The number of rotatable bonds is 4. The minimum absolute atomic E-state index is 0.140. The fourth-order valence-corrected chi connectivity index (χ4v) is 2.99. The van der Waals surface area contributed by atoms with Gasteiger partial charge in [0.15, 0.2) is 0 Å². The molecule has 0 spiro atoms. The van der Waals surface area contributed by atoms with Crippen LogP contribution in [0.3, 0.4) is 0 Å². The first-order valence-corrected chi connectivity index (χ1v) is 8.34. The summed E-state index contributed by atoms with van der Waals surface area (Å²) < 4.78 is 3.48. The molecule has 0 aromatic carbocycles. The number of pyridine rings is 2. The van der Waals surface area contributed by atoms with Gasteiger partial charge in [0, 0.05) is 30.6 Å². The van der Waals surface area contributed by atoms with Crippen molar-refractivity contribution in [3.63, 3.8) is 0 Å². The highest BCUT2D eigenvalue weighted by atomic mass is 16.1. The van der Waals surface area contributed by atoms with Crippen LogP contribution in [0.15, 0.2) is 55.6 Å². The molecular weight excluding hydrogens is 354 g/mol. The number of nitriles is 1. The highest BCUT2D eigenvalue weighted by Crippen LogP contribution is 2.29. The van der Waals surface area contributed by atoms with Gasteiger partial charge < -0.3 is 5.73 Å². The van der Waals surface area contributed by atoms with Crippen molar-refractivity contribution in [1.82, 2.24) is 24.1 Å². The largest absolute Gasteiger partial charge is 0.366 e. The van der Waals surface area contributed by atoms with Gasteiger partial charge in [-0.05, 0) is 29.8 Å². The van der Waals surface area contributed by atoms with Crippen molar-refractivity contribution < 1.29 is 4.79 Å². The van der Waals surface area contributed by atoms with Crippen LogP contribution in [0.2, 0.25) is 0 Å². The Morgan fingerprint density at radius 2 is 1.96 bits per heavy atom. The Bertz CT molecular complexity index is 1270. The van der Waals surface area contributed by atoms with E-state index in [0.717, 1.165) is 22.4 Å². The number of amides is 1. The first-order chi connectivity index (χ1) is 13.5. The van der Waals surface area contributed by atoms with E-state index in [1.165, 1.54) is 6.20 Å². The van der Waals surface area contributed by atoms with E-state index >= 15 is 0 Å². The fourth-order valence-electron chi connectivity index (χ4n) is 2.99. The minimum Gasteiger partial charge on any atom is -0.366 e. The van der Waals surface area contributed by atoms with Crippen LogP contribution in [0.1, 0.15) is 11.4 Å². The number of carbonyl (C=O) groups excluding carboxylic acids is 1. The van der Waals surface area contributed by atoms with Gasteiger partial charge in [0.1, 0.15) is 17.4 Å². The van der Waals surface area contributed by atoms with Gasteiger partial charge in [-0.3, -0.25) is 18.9 Å². The number of fused-ring (bicyclic) bond motifs is 1. The van der Waals surface area contributed by atoms with Crippen molar-refractivity contribution in [2.45, 2.75) is 0 Å². The number of nitrogens with two attached hydrogens (primary N) is 1. The zero-order valence-corrected chi connectivity index (χ0v) is 15.0. The van der Waals surface area contributed by atoms with E-state index in [0.29, 0.717) is 17.0 Å². The highest BCUT2D eigenvalue weighted by molar-refractivity contribution is 6.17. The van der Waals surface area contributed by atoms with Gasteiger partial charge in [-0.2, -0.15) is 10.4 Å². The molecule has 28 heavy (non-hydrogen) atoms. The lowest BCUT2D eigenvalue weighted by Gasteiger charge is -2.10. The predicted octanol–water partition coefficient (Wildman–Crippen LogP) is 2.17. The molecule has 1 amide bonds. The molecule has 2 N–H and O–H groups in total. The number of carbonyl (C=O) groups is 1. The van der Waals surface area contributed by atoms with Crippen LogP contribution in [0.5, 0.6) is 0 Å². The summed E-state index contributed by atoms with van der Waals surface area (Å²) in [6.45, 7) is 3.65. The van der Waals surface area contributed by atoms with Crippen molar-refractivity contribution in [2.24, 2.45) is 12.8 Å².